The molecular formula is C24H31F3N4O2. The molecule has 0 radical (unpaired) electrons. The highest BCUT2D eigenvalue weighted by Gasteiger charge is 2.50. The summed E-state index contributed by atoms with van der Waals surface area (Å²) in [5.41, 5.74) is 0.292. The summed E-state index contributed by atoms with van der Waals surface area (Å²) < 4.78 is 47.5. The minimum atomic E-state index is -4.45. The van der Waals surface area contributed by atoms with Gasteiger partial charge in [-0.25, -0.2) is 4.98 Å². The molecule has 2 atom stereocenters. The van der Waals surface area contributed by atoms with Gasteiger partial charge in [0.05, 0.1) is 35.0 Å². The molecule has 1 saturated carbocycles. The molecule has 0 spiro atoms. The number of nitrogens with one attached hydrogen (secondary N) is 1. The Morgan fingerprint density at radius 3 is 2.67 bits per heavy atom. The second-order valence-electron chi connectivity index (χ2n) is 10.2. The van der Waals surface area contributed by atoms with E-state index in [0.717, 1.165) is 51.4 Å². The summed E-state index contributed by atoms with van der Waals surface area (Å²) >= 11 is 0. The van der Waals surface area contributed by atoms with Crippen LogP contribution in [-0.4, -0.2) is 45.7 Å². The lowest BCUT2D eigenvalue weighted by Crippen LogP contribution is -2.48. The van der Waals surface area contributed by atoms with Crippen molar-refractivity contribution in [1.29, 1.82) is 0 Å². The minimum absolute atomic E-state index is 0.0405. The number of rotatable bonds is 4. The van der Waals surface area contributed by atoms with Crippen molar-refractivity contribution in [1.82, 2.24) is 19.8 Å². The fraction of sp³-hybridized carbons (Fsp3) is 0.667. The number of carbonyl (C=O) groups is 1. The van der Waals surface area contributed by atoms with E-state index in [2.05, 4.69) is 24.1 Å². The Bertz CT molecular complexity index is 1040. The lowest BCUT2D eigenvalue weighted by molar-refractivity contribution is -0.147. The van der Waals surface area contributed by atoms with Crippen LogP contribution < -0.4 is 5.32 Å². The van der Waals surface area contributed by atoms with Gasteiger partial charge in [-0.05, 0) is 55.7 Å². The average Bonchev–Trinajstić information content (AvgIpc) is 3.39. The van der Waals surface area contributed by atoms with E-state index in [-0.39, 0.29) is 24.4 Å². The van der Waals surface area contributed by atoms with Gasteiger partial charge in [0.1, 0.15) is 0 Å². The Kier molecular flexibility index (Phi) is 5.68. The number of nitrogens with zero attached hydrogens (tertiary/aromatic N) is 3. The number of ether oxygens (including phenoxy) is 1. The lowest BCUT2D eigenvalue weighted by Gasteiger charge is -2.39. The van der Waals surface area contributed by atoms with Crippen molar-refractivity contribution in [3.05, 3.63) is 29.6 Å². The lowest BCUT2D eigenvalue weighted by atomic mass is 9.74. The van der Waals surface area contributed by atoms with Crippen molar-refractivity contribution < 1.29 is 22.7 Å². The molecule has 2 aromatic rings. The van der Waals surface area contributed by atoms with Crippen LogP contribution in [0, 0.1) is 11.3 Å². The number of carbonyl (C=O) groups excluding carboxylic acids is 1. The van der Waals surface area contributed by atoms with E-state index >= 15 is 0 Å². The third-order valence-corrected chi connectivity index (χ3v) is 7.86. The number of aromatic nitrogens is 2. The molecule has 6 nitrogen and oxygen atoms in total. The minimum Gasteiger partial charge on any atom is -0.381 e. The first-order valence-electron chi connectivity index (χ1n) is 11.9. The molecule has 1 aromatic heterocycles. The quantitative estimate of drug-likeness (QED) is 0.732. The highest BCUT2D eigenvalue weighted by Crippen LogP contribution is 2.47. The summed E-state index contributed by atoms with van der Waals surface area (Å²) in [6.45, 7) is 6.21. The fourth-order valence-corrected chi connectivity index (χ4v) is 5.96. The second-order valence-corrected chi connectivity index (χ2v) is 10.2. The molecule has 2 aliphatic heterocycles. The van der Waals surface area contributed by atoms with E-state index < -0.39 is 17.2 Å². The van der Waals surface area contributed by atoms with Gasteiger partial charge < -0.3 is 19.5 Å². The molecule has 1 aromatic carbocycles. The summed E-state index contributed by atoms with van der Waals surface area (Å²) in [5.74, 6) is 0.177. The number of imidazole rings is 1. The normalized spacial score (nSPS) is 26.5. The van der Waals surface area contributed by atoms with Gasteiger partial charge in [0.15, 0.2) is 0 Å². The number of halogens is 3. The molecule has 2 unspecified atom stereocenters. The van der Waals surface area contributed by atoms with Gasteiger partial charge in [-0.1, -0.05) is 13.8 Å². The first-order chi connectivity index (χ1) is 15.7. The standard InChI is InChI=1S/C24H31F3N4O2/c1-15(2)23(6-3-19(11-23)29-18-4-7-33-8-5-18)22(32)30-12-16-9-17(24(25,26)27)10-20-21(16)31(14-30)13-28-20/h9-10,13,15,18-19,29H,3-8,11-12,14H2,1-2H3. The molecule has 2 fully saturated rings. The maximum atomic E-state index is 14.0. The maximum Gasteiger partial charge on any atom is 0.416 e. The van der Waals surface area contributed by atoms with Crippen LogP contribution >= 0.6 is 0 Å². The predicted octanol–water partition coefficient (Wildman–Crippen LogP) is 4.32. The van der Waals surface area contributed by atoms with E-state index in [1.807, 2.05) is 0 Å². The van der Waals surface area contributed by atoms with E-state index in [1.54, 1.807) is 15.8 Å². The summed E-state index contributed by atoms with van der Waals surface area (Å²) in [4.78, 5) is 19.9. The van der Waals surface area contributed by atoms with Crippen molar-refractivity contribution in [2.75, 3.05) is 13.2 Å². The molecule has 33 heavy (non-hydrogen) atoms. The molecule has 1 N–H and O–H groups in total. The Labute approximate surface area is 191 Å². The average molecular weight is 465 g/mol. The van der Waals surface area contributed by atoms with Gasteiger partial charge in [0.25, 0.3) is 0 Å². The SMILES string of the molecule is CC(C)C1(C(=O)N2Cc3cc(C(F)(F)F)cc4ncn(c34)C2)CCC(NC2CCOCC2)C1. The van der Waals surface area contributed by atoms with Crippen molar-refractivity contribution in [2.45, 2.75) is 77.4 Å². The van der Waals surface area contributed by atoms with Crippen molar-refractivity contribution in [3.8, 4) is 0 Å². The van der Waals surface area contributed by atoms with E-state index in [9.17, 15) is 18.0 Å². The van der Waals surface area contributed by atoms with Crippen LogP contribution in [0.2, 0.25) is 0 Å². The van der Waals surface area contributed by atoms with Gasteiger partial charge in [0.2, 0.25) is 5.91 Å². The van der Waals surface area contributed by atoms with Gasteiger partial charge in [-0.2, -0.15) is 13.2 Å². The van der Waals surface area contributed by atoms with Crippen molar-refractivity contribution >= 4 is 16.9 Å². The fourth-order valence-electron chi connectivity index (χ4n) is 5.96. The van der Waals surface area contributed by atoms with Gasteiger partial charge in [-0.15, -0.1) is 0 Å². The third kappa shape index (κ3) is 4.03. The van der Waals surface area contributed by atoms with E-state index in [0.29, 0.717) is 29.3 Å². The summed E-state index contributed by atoms with van der Waals surface area (Å²) in [7, 11) is 0. The Morgan fingerprint density at radius 2 is 1.97 bits per heavy atom. The van der Waals surface area contributed by atoms with E-state index in [1.165, 1.54) is 6.07 Å². The zero-order chi connectivity index (χ0) is 23.4. The number of hydrogen-bond acceptors (Lipinski definition) is 4. The number of benzene rings is 1. The van der Waals surface area contributed by atoms with Crippen LogP contribution in [0.25, 0.3) is 11.0 Å². The van der Waals surface area contributed by atoms with Crippen LogP contribution in [0.1, 0.15) is 57.1 Å². The van der Waals surface area contributed by atoms with Crippen LogP contribution in [0.3, 0.4) is 0 Å². The number of alkyl halides is 3. The number of hydrogen-bond donors (Lipinski definition) is 1. The van der Waals surface area contributed by atoms with Crippen LogP contribution in [0.15, 0.2) is 18.5 Å². The third-order valence-electron chi connectivity index (χ3n) is 7.86. The molecule has 180 valence electrons. The largest absolute Gasteiger partial charge is 0.416 e. The highest BCUT2D eigenvalue weighted by molar-refractivity contribution is 5.86. The van der Waals surface area contributed by atoms with Crippen LogP contribution in [0.4, 0.5) is 13.2 Å². The molecule has 1 amide bonds. The molecule has 3 aliphatic rings. The maximum absolute atomic E-state index is 14.0. The Balaban J connectivity index is 1.38. The Morgan fingerprint density at radius 1 is 1.21 bits per heavy atom. The first kappa shape index (κ1) is 22.7. The Hall–Kier alpha value is -2.13. The summed E-state index contributed by atoms with van der Waals surface area (Å²) in [5, 5.41) is 3.75. The molecular weight excluding hydrogens is 433 g/mol. The molecule has 1 saturated heterocycles. The first-order valence-corrected chi connectivity index (χ1v) is 11.9. The highest BCUT2D eigenvalue weighted by atomic mass is 19.4. The summed E-state index contributed by atoms with van der Waals surface area (Å²) in [6.07, 6.45) is 1.54. The van der Waals surface area contributed by atoms with Gasteiger partial charge in [0, 0.05) is 31.8 Å². The predicted molar refractivity (Wildman–Crippen MR) is 117 cm³/mol. The van der Waals surface area contributed by atoms with E-state index in [4.69, 9.17) is 4.74 Å². The molecule has 5 rings (SSSR count). The van der Waals surface area contributed by atoms with Crippen molar-refractivity contribution in [3.63, 3.8) is 0 Å². The van der Waals surface area contributed by atoms with Crippen molar-refractivity contribution in [2.24, 2.45) is 11.3 Å². The molecule has 1 aliphatic carbocycles. The van der Waals surface area contributed by atoms with Gasteiger partial charge in [-0.3, -0.25) is 4.79 Å². The zero-order valence-corrected chi connectivity index (χ0v) is 19.1. The smallest absolute Gasteiger partial charge is 0.381 e. The molecule has 3 heterocycles. The number of amides is 1. The van der Waals surface area contributed by atoms with Crippen LogP contribution in [-0.2, 0) is 28.9 Å². The van der Waals surface area contributed by atoms with Gasteiger partial charge >= 0.3 is 6.18 Å². The molecule has 0 bridgehead atoms. The topological polar surface area (TPSA) is 59.4 Å². The summed E-state index contributed by atoms with van der Waals surface area (Å²) in [6, 6.07) is 2.95. The van der Waals surface area contributed by atoms with Crippen LogP contribution in [0.5, 0.6) is 0 Å². The molecule has 9 heteroatoms. The second kappa shape index (κ2) is 8.27. The monoisotopic (exact) mass is 464 g/mol. The zero-order valence-electron chi connectivity index (χ0n) is 19.1.